The van der Waals surface area contributed by atoms with E-state index in [1.54, 1.807) is 7.11 Å². The van der Waals surface area contributed by atoms with Gasteiger partial charge in [-0.3, -0.25) is 4.90 Å². The van der Waals surface area contributed by atoms with Crippen molar-refractivity contribution in [2.45, 2.75) is 39.8 Å². The summed E-state index contributed by atoms with van der Waals surface area (Å²) in [5, 5.41) is 3.27. The summed E-state index contributed by atoms with van der Waals surface area (Å²) in [7, 11) is 1.54. The quantitative estimate of drug-likeness (QED) is 0.712. The molecule has 25 heavy (non-hydrogen) atoms. The van der Waals surface area contributed by atoms with Crippen LogP contribution in [0, 0.1) is 0 Å². The maximum absolute atomic E-state index is 5.85. The van der Waals surface area contributed by atoms with Gasteiger partial charge < -0.3 is 15.8 Å². The van der Waals surface area contributed by atoms with Crippen LogP contribution in [-0.4, -0.2) is 52.1 Å². The molecule has 0 fully saturated rings. The first-order chi connectivity index (χ1) is 11.9. The fourth-order valence-electron chi connectivity index (χ4n) is 2.74. The lowest BCUT2D eigenvalue weighted by molar-refractivity contribution is 0.182. The molecule has 7 nitrogen and oxygen atoms in total. The normalized spacial score (nSPS) is 11.4. The van der Waals surface area contributed by atoms with E-state index in [0.29, 0.717) is 29.5 Å². The molecule has 0 aliphatic carbocycles. The Morgan fingerprint density at radius 3 is 2.44 bits per heavy atom. The van der Waals surface area contributed by atoms with E-state index < -0.39 is 0 Å². The molecule has 2 aromatic rings. The summed E-state index contributed by atoms with van der Waals surface area (Å²) in [5.41, 5.74) is 7.34. The molecule has 3 N–H and O–H groups in total. The van der Waals surface area contributed by atoms with E-state index in [1.165, 1.54) is 0 Å². The molecule has 0 amide bonds. The summed E-state index contributed by atoms with van der Waals surface area (Å²) < 4.78 is 5.21. The smallest absolute Gasteiger partial charge is 0.321 e. The molecule has 0 bridgehead atoms. The molecule has 0 atom stereocenters. The number of benzene rings is 1. The summed E-state index contributed by atoms with van der Waals surface area (Å²) in [6, 6.07) is 8.69. The standard InChI is InChI=1S/C18H28N6O/c1-12(2)24(13(3)4)10-9-20-17-21-16(22-18(23-17)25-5)14-7-6-8-15(19)11-14/h6-8,11-13H,9-10,19H2,1-5H3,(H,20,21,22,23). The topological polar surface area (TPSA) is 89.2 Å². The molecule has 136 valence electrons. The maximum Gasteiger partial charge on any atom is 0.321 e. The third-order valence-electron chi connectivity index (χ3n) is 3.92. The van der Waals surface area contributed by atoms with Crippen molar-refractivity contribution in [3.05, 3.63) is 24.3 Å². The van der Waals surface area contributed by atoms with Crippen LogP contribution in [0.4, 0.5) is 11.6 Å². The average molecular weight is 344 g/mol. The SMILES string of the molecule is COc1nc(NCCN(C(C)C)C(C)C)nc(-c2cccc(N)c2)n1. The second kappa shape index (κ2) is 8.62. The monoisotopic (exact) mass is 344 g/mol. The molecular formula is C18H28N6O. The van der Waals surface area contributed by atoms with Crippen molar-refractivity contribution in [1.82, 2.24) is 19.9 Å². The maximum atomic E-state index is 5.85. The molecule has 1 aromatic carbocycles. The molecule has 0 spiro atoms. The molecule has 1 heterocycles. The number of hydrogen-bond acceptors (Lipinski definition) is 7. The lowest BCUT2D eigenvalue weighted by atomic mass is 10.2. The number of anilines is 2. The number of rotatable bonds is 8. The lowest BCUT2D eigenvalue weighted by Gasteiger charge is -2.30. The zero-order chi connectivity index (χ0) is 18.4. The van der Waals surface area contributed by atoms with E-state index in [-0.39, 0.29) is 6.01 Å². The van der Waals surface area contributed by atoms with Gasteiger partial charge in [-0.1, -0.05) is 12.1 Å². The second-order valence-electron chi connectivity index (χ2n) is 6.45. The minimum Gasteiger partial charge on any atom is -0.467 e. The van der Waals surface area contributed by atoms with Crippen molar-refractivity contribution in [2.75, 3.05) is 31.2 Å². The Morgan fingerprint density at radius 2 is 1.84 bits per heavy atom. The Kier molecular flexibility index (Phi) is 6.52. The Hall–Kier alpha value is -2.41. The number of nitrogen functional groups attached to an aromatic ring is 1. The Balaban J connectivity index is 2.14. The van der Waals surface area contributed by atoms with Gasteiger partial charge >= 0.3 is 6.01 Å². The summed E-state index contributed by atoms with van der Waals surface area (Å²) >= 11 is 0. The van der Waals surface area contributed by atoms with Gasteiger partial charge in [0.15, 0.2) is 5.82 Å². The van der Waals surface area contributed by atoms with Crippen LogP contribution in [-0.2, 0) is 0 Å². The van der Waals surface area contributed by atoms with Gasteiger partial charge in [0.2, 0.25) is 5.95 Å². The number of aromatic nitrogens is 3. The van der Waals surface area contributed by atoms with Crippen molar-refractivity contribution in [3.8, 4) is 17.4 Å². The zero-order valence-electron chi connectivity index (χ0n) is 15.7. The van der Waals surface area contributed by atoms with Crippen molar-refractivity contribution in [1.29, 1.82) is 0 Å². The van der Waals surface area contributed by atoms with Gasteiger partial charge in [-0.2, -0.15) is 15.0 Å². The first-order valence-electron chi connectivity index (χ1n) is 8.56. The fourth-order valence-corrected chi connectivity index (χ4v) is 2.74. The van der Waals surface area contributed by atoms with Gasteiger partial charge in [0.25, 0.3) is 0 Å². The van der Waals surface area contributed by atoms with Gasteiger partial charge in [-0.05, 0) is 39.8 Å². The Labute approximate surface area is 149 Å². The van der Waals surface area contributed by atoms with Crippen LogP contribution in [0.25, 0.3) is 11.4 Å². The highest BCUT2D eigenvalue weighted by Crippen LogP contribution is 2.20. The predicted molar refractivity (Wildman–Crippen MR) is 102 cm³/mol. The van der Waals surface area contributed by atoms with Gasteiger partial charge in [-0.15, -0.1) is 0 Å². The van der Waals surface area contributed by atoms with Crippen molar-refractivity contribution in [3.63, 3.8) is 0 Å². The molecule has 0 unspecified atom stereocenters. The lowest BCUT2D eigenvalue weighted by Crippen LogP contribution is -2.40. The molecule has 0 radical (unpaired) electrons. The van der Waals surface area contributed by atoms with Crippen molar-refractivity contribution < 1.29 is 4.74 Å². The molecule has 7 heteroatoms. The van der Waals surface area contributed by atoms with E-state index in [0.717, 1.165) is 18.7 Å². The molecule has 0 saturated carbocycles. The summed E-state index contributed by atoms with van der Waals surface area (Å²) in [6.45, 7) is 10.4. The van der Waals surface area contributed by atoms with Gasteiger partial charge in [0, 0.05) is 36.4 Å². The minimum atomic E-state index is 0.277. The van der Waals surface area contributed by atoms with Gasteiger partial charge in [0.05, 0.1) is 7.11 Å². The summed E-state index contributed by atoms with van der Waals surface area (Å²) in [5.74, 6) is 1.03. The highest BCUT2D eigenvalue weighted by atomic mass is 16.5. The molecule has 0 aliphatic rings. The number of nitrogens with zero attached hydrogens (tertiary/aromatic N) is 4. The van der Waals surface area contributed by atoms with Crippen LogP contribution >= 0.6 is 0 Å². The van der Waals surface area contributed by atoms with E-state index in [4.69, 9.17) is 10.5 Å². The number of methoxy groups -OCH3 is 1. The van der Waals surface area contributed by atoms with Crippen molar-refractivity contribution >= 4 is 11.6 Å². The largest absolute Gasteiger partial charge is 0.467 e. The van der Waals surface area contributed by atoms with Gasteiger partial charge in [0.1, 0.15) is 0 Å². The number of hydrogen-bond donors (Lipinski definition) is 2. The van der Waals surface area contributed by atoms with E-state index in [2.05, 4.69) is 52.9 Å². The summed E-state index contributed by atoms with van der Waals surface area (Å²) in [6.07, 6.45) is 0. The van der Waals surface area contributed by atoms with Crippen LogP contribution in [0.1, 0.15) is 27.7 Å². The molecule has 0 saturated heterocycles. The predicted octanol–water partition coefficient (Wildman–Crippen LogP) is 2.66. The summed E-state index contributed by atoms with van der Waals surface area (Å²) in [4.78, 5) is 15.5. The Morgan fingerprint density at radius 1 is 1.12 bits per heavy atom. The second-order valence-corrected chi connectivity index (χ2v) is 6.45. The highest BCUT2D eigenvalue weighted by Gasteiger charge is 2.13. The van der Waals surface area contributed by atoms with Crippen LogP contribution in [0.2, 0.25) is 0 Å². The molecular weight excluding hydrogens is 316 g/mol. The molecule has 2 rings (SSSR count). The van der Waals surface area contributed by atoms with Crippen LogP contribution < -0.4 is 15.8 Å². The minimum absolute atomic E-state index is 0.277. The Bertz CT molecular complexity index is 681. The van der Waals surface area contributed by atoms with Crippen LogP contribution in [0.3, 0.4) is 0 Å². The number of nitrogens with one attached hydrogen (secondary N) is 1. The van der Waals surface area contributed by atoms with E-state index >= 15 is 0 Å². The fraction of sp³-hybridized carbons (Fsp3) is 0.500. The highest BCUT2D eigenvalue weighted by molar-refractivity contribution is 5.61. The van der Waals surface area contributed by atoms with Crippen molar-refractivity contribution in [2.24, 2.45) is 0 Å². The first kappa shape index (κ1) is 18.9. The molecule has 0 aliphatic heterocycles. The third kappa shape index (κ3) is 5.29. The van der Waals surface area contributed by atoms with Crippen LogP contribution in [0.15, 0.2) is 24.3 Å². The third-order valence-corrected chi connectivity index (χ3v) is 3.92. The molecule has 1 aromatic heterocycles. The van der Waals surface area contributed by atoms with E-state index in [9.17, 15) is 0 Å². The average Bonchev–Trinajstić information content (AvgIpc) is 2.57. The first-order valence-corrected chi connectivity index (χ1v) is 8.56. The van der Waals surface area contributed by atoms with Crippen LogP contribution in [0.5, 0.6) is 6.01 Å². The van der Waals surface area contributed by atoms with E-state index in [1.807, 2.05) is 24.3 Å². The number of nitrogens with two attached hydrogens (primary N) is 1. The number of ether oxygens (including phenoxy) is 1. The van der Waals surface area contributed by atoms with Gasteiger partial charge in [-0.25, -0.2) is 0 Å². The zero-order valence-corrected chi connectivity index (χ0v) is 15.7.